The van der Waals surface area contributed by atoms with Crippen molar-refractivity contribution in [1.82, 2.24) is 9.97 Å². The van der Waals surface area contributed by atoms with E-state index in [2.05, 4.69) is 9.97 Å². The number of aromatic carboxylic acids is 1. The van der Waals surface area contributed by atoms with E-state index in [1.165, 1.54) is 18.3 Å². The van der Waals surface area contributed by atoms with Gasteiger partial charge in [-0.3, -0.25) is 4.79 Å². The van der Waals surface area contributed by atoms with Gasteiger partial charge in [-0.05, 0) is 6.92 Å². The molecule has 0 atom stereocenters. The highest BCUT2D eigenvalue weighted by atomic mass is 32.1. The first-order valence-corrected chi connectivity index (χ1v) is 6.82. The zero-order valence-electron chi connectivity index (χ0n) is 9.76. The van der Waals surface area contributed by atoms with Gasteiger partial charge < -0.3 is 5.11 Å². The second-order valence-corrected chi connectivity index (χ2v) is 5.73. The molecule has 0 aromatic carbocycles. The summed E-state index contributed by atoms with van der Waals surface area (Å²) in [7, 11) is 0. The van der Waals surface area contributed by atoms with E-state index in [1.807, 2.05) is 12.3 Å². The Morgan fingerprint density at radius 1 is 1.33 bits per heavy atom. The van der Waals surface area contributed by atoms with Crippen LogP contribution >= 0.6 is 22.7 Å². The third-order valence-electron chi connectivity index (χ3n) is 2.16. The molecule has 0 radical (unpaired) electrons. The molecular formula is C11H10N2O3S2. The first-order valence-electron chi connectivity index (χ1n) is 5.12. The maximum Gasteiger partial charge on any atom is 0.356 e. The predicted molar refractivity (Wildman–Crippen MR) is 68.7 cm³/mol. The summed E-state index contributed by atoms with van der Waals surface area (Å²) in [5.74, 6) is -1.44. The highest BCUT2D eigenvalue weighted by molar-refractivity contribution is 7.14. The molecule has 2 heterocycles. The molecule has 0 unspecified atom stereocenters. The van der Waals surface area contributed by atoms with Crippen molar-refractivity contribution in [2.45, 2.75) is 20.3 Å². The molecule has 94 valence electrons. The van der Waals surface area contributed by atoms with Crippen LogP contribution in [0, 0.1) is 6.92 Å². The van der Waals surface area contributed by atoms with Crippen molar-refractivity contribution >= 4 is 34.4 Å². The zero-order valence-corrected chi connectivity index (χ0v) is 11.4. The van der Waals surface area contributed by atoms with E-state index in [1.54, 1.807) is 0 Å². The van der Waals surface area contributed by atoms with Crippen molar-refractivity contribution in [3.05, 3.63) is 31.7 Å². The Hall–Kier alpha value is -1.60. The Labute approximate surface area is 111 Å². The van der Waals surface area contributed by atoms with Gasteiger partial charge in [-0.1, -0.05) is 0 Å². The Morgan fingerprint density at radius 3 is 2.50 bits per heavy atom. The Morgan fingerprint density at radius 2 is 2.06 bits per heavy atom. The minimum Gasteiger partial charge on any atom is -0.476 e. The maximum absolute atomic E-state index is 11.3. The number of nitrogens with zero attached hydrogens (tertiary/aromatic N) is 2. The van der Waals surface area contributed by atoms with Crippen LogP contribution in [-0.4, -0.2) is 26.8 Å². The third kappa shape index (κ3) is 2.62. The molecule has 2 rings (SSSR count). The molecule has 2 aromatic heterocycles. The molecule has 0 aliphatic carbocycles. The fourth-order valence-corrected chi connectivity index (χ4v) is 3.26. The van der Waals surface area contributed by atoms with Crippen molar-refractivity contribution in [2.75, 3.05) is 0 Å². The molecule has 5 nitrogen and oxygen atoms in total. The predicted octanol–water partition coefficient (Wildman–Crippen LogP) is 2.40. The summed E-state index contributed by atoms with van der Waals surface area (Å²) in [5.41, 5.74) is 0.771. The van der Waals surface area contributed by atoms with Crippen molar-refractivity contribution < 1.29 is 14.7 Å². The number of carbonyl (C=O) groups is 2. The van der Waals surface area contributed by atoms with Crippen LogP contribution in [0.4, 0.5) is 0 Å². The number of thiazole rings is 2. The Kier molecular flexibility index (Phi) is 3.53. The minimum atomic E-state index is -1.17. The smallest absolute Gasteiger partial charge is 0.356 e. The van der Waals surface area contributed by atoms with Gasteiger partial charge in [0.2, 0.25) is 0 Å². The summed E-state index contributed by atoms with van der Waals surface area (Å²) >= 11 is 2.62. The number of ketones is 1. The molecule has 2 aromatic rings. The van der Waals surface area contributed by atoms with E-state index >= 15 is 0 Å². The Balaban J connectivity index is 2.32. The van der Waals surface area contributed by atoms with Crippen LogP contribution in [0.2, 0.25) is 0 Å². The van der Waals surface area contributed by atoms with Gasteiger partial charge in [0.1, 0.15) is 9.88 Å². The number of Topliss-reactive ketones (excluding diaryl/α,β-unsaturated/α-hetero) is 1. The molecule has 0 aliphatic heterocycles. The summed E-state index contributed by atoms with van der Waals surface area (Å²) in [4.78, 5) is 30.8. The Bertz CT molecular complexity index is 584. The van der Waals surface area contributed by atoms with Crippen LogP contribution in [0.15, 0.2) is 5.38 Å². The number of hydrogen-bond donors (Lipinski definition) is 1. The molecule has 0 saturated heterocycles. The maximum atomic E-state index is 11.3. The van der Waals surface area contributed by atoms with Crippen molar-refractivity contribution in [2.24, 2.45) is 0 Å². The summed E-state index contributed by atoms with van der Waals surface area (Å²) in [6, 6.07) is 0. The van der Waals surface area contributed by atoms with E-state index in [9.17, 15) is 9.59 Å². The van der Waals surface area contributed by atoms with Crippen LogP contribution in [0.25, 0.3) is 0 Å². The van der Waals surface area contributed by atoms with Crippen molar-refractivity contribution in [3.8, 4) is 0 Å². The fraction of sp³-hybridized carbons (Fsp3) is 0.273. The van der Waals surface area contributed by atoms with E-state index < -0.39 is 5.97 Å². The number of hydrogen-bond acceptors (Lipinski definition) is 6. The van der Waals surface area contributed by atoms with E-state index in [0.29, 0.717) is 11.4 Å². The van der Waals surface area contributed by atoms with Gasteiger partial charge in [0.15, 0.2) is 11.5 Å². The van der Waals surface area contributed by atoms with Crippen molar-refractivity contribution in [3.63, 3.8) is 0 Å². The number of aromatic nitrogens is 2. The van der Waals surface area contributed by atoms with Gasteiger partial charge in [-0.2, -0.15) is 0 Å². The molecule has 18 heavy (non-hydrogen) atoms. The monoisotopic (exact) mass is 282 g/mol. The lowest BCUT2D eigenvalue weighted by Crippen LogP contribution is -2.03. The highest BCUT2D eigenvalue weighted by Crippen LogP contribution is 2.23. The van der Waals surface area contributed by atoms with Crippen LogP contribution in [0.1, 0.15) is 42.8 Å². The molecule has 7 heteroatoms. The second-order valence-electron chi connectivity index (χ2n) is 3.71. The summed E-state index contributed by atoms with van der Waals surface area (Å²) < 4.78 is 0. The standard InChI is InChI=1S/C11H10N2O3S2/c1-5-4-17-7(12-5)3-8-13-9(11(15)16)10(18-8)6(2)14/h4H,3H2,1-2H3,(H,15,16). The summed E-state index contributed by atoms with van der Waals surface area (Å²) in [6.45, 7) is 3.24. The molecule has 0 aliphatic rings. The largest absolute Gasteiger partial charge is 0.476 e. The first kappa shape index (κ1) is 12.8. The van der Waals surface area contributed by atoms with Crippen LogP contribution < -0.4 is 0 Å². The minimum absolute atomic E-state index is 0.157. The van der Waals surface area contributed by atoms with Gasteiger partial charge in [0.25, 0.3) is 0 Å². The van der Waals surface area contributed by atoms with Gasteiger partial charge in [0.05, 0.1) is 11.4 Å². The third-order valence-corrected chi connectivity index (χ3v) is 4.29. The SMILES string of the molecule is CC(=O)c1sc(Cc2nc(C)cs2)nc1C(=O)O. The lowest BCUT2D eigenvalue weighted by Gasteiger charge is -1.89. The van der Waals surface area contributed by atoms with Gasteiger partial charge in [-0.25, -0.2) is 14.8 Å². The molecule has 0 spiro atoms. The quantitative estimate of drug-likeness (QED) is 0.871. The van der Waals surface area contributed by atoms with Crippen LogP contribution in [-0.2, 0) is 6.42 Å². The number of carboxylic acid groups (broad SMARTS) is 1. The number of rotatable bonds is 4. The van der Waals surface area contributed by atoms with E-state index in [-0.39, 0.29) is 16.4 Å². The van der Waals surface area contributed by atoms with Gasteiger partial charge in [0, 0.05) is 18.0 Å². The lowest BCUT2D eigenvalue weighted by molar-refractivity contribution is 0.0687. The number of carboxylic acids is 1. The van der Waals surface area contributed by atoms with E-state index in [4.69, 9.17) is 5.11 Å². The molecule has 0 amide bonds. The van der Waals surface area contributed by atoms with E-state index in [0.717, 1.165) is 22.0 Å². The lowest BCUT2D eigenvalue weighted by atomic mass is 10.3. The summed E-state index contributed by atoms with van der Waals surface area (Å²) in [6.07, 6.45) is 0.469. The topological polar surface area (TPSA) is 80.2 Å². The first-order chi connectivity index (χ1) is 8.47. The van der Waals surface area contributed by atoms with Gasteiger partial charge >= 0.3 is 5.97 Å². The van der Waals surface area contributed by atoms with Gasteiger partial charge in [-0.15, -0.1) is 22.7 Å². The zero-order chi connectivity index (χ0) is 13.3. The molecule has 0 bridgehead atoms. The summed E-state index contributed by atoms with van der Waals surface area (Å²) in [5, 5.41) is 12.4. The second kappa shape index (κ2) is 4.95. The van der Waals surface area contributed by atoms with Crippen LogP contribution in [0.3, 0.4) is 0 Å². The normalized spacial score (nSPS) is 10.6. The molecule has 0 fully saturated rings. The van der Waals surface area contributed by atoms with Crippen LogP contribution in [0.5, 0.6) is 0 Å². The fourth-order valence-electron chi connectivity index (χ4n) is 1.44. The van der Waals surface area contributed by atoms with Crippen molar-refractivity contribution in [1.29, 1.82) is 0 Å². The molecular weight excluding hydrogens is 272 g/mol. The number of carbonyl (C=O) groups excluding carboxylic acids is 1. The highest BCUT2D eigenvalue weighted by Gasteiger charge is 2.20. The molecule has 0 saturated carbocycles. The number of aryl methyl sites for hydroxylation is 1. The average molecular weight is 282 g/mol. The molecule has 1 N–H and O–H groups in total. The average Bonchev–Trinajstić information content (AvgIpc) is 2.85.